The Morgan fingerprint density at radius 1 is 0.912 bits per heavy atom. The minimum absolute atomic E-state index is 0.0591. The van der Waals surface area contributed by atoms with E-state index in [0.29, 0.717) is 21.9 Å². The molecule has 1 unspecified atom stereocenters. The van der Waals surface area contributed by atoms with Crippen LogP contribution in [0.5, 0.6) is 0 Å². The number of hydrogen-bond donors (Lipinski definition) is 2. The average Bonchev–Trinajstić information content (AvgIpc) is 3.32. The number of nitrogens with zero attached hydrogens (tertiary/aromatic N) is 1. The van der Waals surface area contributed by atoms with Crippen molar-refractivity contribution in [2.75, 3.05) is 0 Å². The number of ether oxygens (including phenoxy) is 1. The van der Waals surface area contributed by atoms with E-state index in [9.17, 15) is 14.4 Å². The second kappa shape index (κ2) is 8.78. The number of esters is 1. The van der Waals surface area contributed by atoms with Crippen LogP contribution in [0.15, 0.2) is 83.8 Å². The van der Waals surface area contributed by atoms with Crippen LogP contribution in [0.3, 0.4) is 0 Å². The summed E-state index contributed by atoms with van der Waals surface area (Å²) in [6.45, 7) is 2.05. The number of hydrogen-bond acceptors (Lipinski definition) is 5. The molecule has 5 rings (SSSR count). The maximum Gasteiger partial charge on any atom is 0.360 e. The number of H-pyrrole nitrogens is 2. The smallest absolute Gasteiger partial charge is 0.360 e. The van der Waals surface area contributed by atoms with Gasteiger partial charge in [-0.15, -0.1) is 0 Å². The summed E-state index contributed by atoms with van der Waals surface area (Å²) in [7, 11) is 0. The number of aromatic amines is 2. The number of aryl methyl sites for hydroxylation is 1. The molecule has 0 bridgehead atoms. The number of para-hydroxylation sites is 1. The van der Waals surface area contributed by atoms with Crippen molar-refractivity contribution in [1.29, 1.82) is 0 Å². The second-order valence-electron chi connectivity index (χ2n) is 7.90. The highest BCUT2D eigenvalue weighted by atomic mass is 16.5. The fraction of sp³-hybridized carbons (Fsp3) is 0.111. The number of aromatic nitrogens is 3. The van der Waals surface area contributed by atoms with Crippen LogP contribution in [0, 0.1) is 0 Å². The highest BCUT2D eigenvalue weighted by molar-refractivity contribution is 6.12. The minimum atomic E-state index is -1.19. The molecule has 0 saturated carbocycles. The van der Waals surface area contributed by atoms with E-state index in [-0.39, 0.29) is 11.5 Å². The first-order valence-corrected chi connectivity index (χ1v) is 10.9. The fourth-order valence-electron chi connectivity index (χ4n) is 4.19. The van der Waals surface area contributed by atoms with Crippen LogP contribution in [-0.2, 0) is 11.2 Å². The number of ketones is 1. The molecule has 0 saturated heterocycles. The summed E-state index contributed by atoms with van der Waals surface area (Å²) in [5, 5.41) is 7.70. The summed E-state index contributed by atoms with van der Waals surface area (Å²) < 4.78 is 5.77. The fourth-order valence-corrected chi connectivity index (χ4v) is 4.19. The molecule has 5 aromatic rings. The maximum atomic E-state index is 13.7. The molecule has 3 aromatic carbocycles. The largest absolute Gasteiger partial charge is 0.444 e. The van der Waals surface area contributed by atoms with Gasteiger partial charge in [0.25, 0.3) is 5.56 Å². The molecule has 7 heteroatoms. The summed E-state index contributed by atoms with van der Waals surface area (Å²) in [6.07, 6.45) is 1.28. The lowest BCUT2D eigenvalue weighted by molar-refractivity contribution is 0.0276. The molecule has 2 heterocycles. The molecule has 2 N–H and O–H groups in total. The van der Waals surface area contributed by atoms with E-state index >= 15 is 0 Å². The molecule has 2 aromatic heterocycles. The number of Topliss-reactive ketones (excluding diaryl/α,β-unsaturated/α-hetero) is 1. The third-order valence-corrected chi connectivity index (χ3v) is 5.90. The van der Waals surface area contributed by atoms with Crippen LogP contribution in [0.25, 0.3) is 21.7 Å². The quantitative estimate of drug-likeness (QED) is 0.286. The SMILES string of the molecule is CCc1cccc2c(C(=O)C(OC(=O)c3n[nH]c(=O)c4ccccc34)c3ccccc3)c[nH]c12. The second-order valence-corrected chi connectivity index (χ2v) is 7.90. The van der Waals surface area contributed by atoms with Gasteiger partial charge in [0.15, 0.2) is 11.8 Å². The molecule has 0 spiro atoms. The van der Waals surface area contributed by atoms with Gasteiger partial charge in [-0.1, -0.05) is 73.7 Å². The number of carbonyl (C=O) groups excluding carboxylic acids is 2. The summed E-state index contributed by atoms with van der Waals surface area (Å²) in [5.41, 5.74) is 2.49. The van der Waals surface area contributed by atoms with E-state index in [2.05, 4.69) is 15.2 Å². The van der Waals surface area contributed by atoms with Gasteiger partial charge in [-0.3, -0.25) is 9.59 Å². The molecule has 7 nitrogen and oxygen atoms in total. The highest BCUT2D eigenvalue weighted by Gasteiger charge is 2.30. The number of fused-ring (bicyclic) bond motifs is 2. The zero-order valence-corrected chi connectivity index (χ0v) is 18.4. The Morgan fingerprint density at radius 2 is 1.62 bits per heavy atom. The Labute approximate surface area is 194 Å². The molecule has 0 aliphatic rings. The summed E-state index contributed by atoms with van der Waals surface area (Å²) >= 11 is 0. The zero-order valence-electron chi connectivity index (χ0n) is 18.4. The van der Waals surface area contributed by atoms with E-state index in [1.807, 2.05) is 31.2 Å². The van der Waals surface area contributed by atoms with Gasteiger partial charge >= 0.3 is 5.97 Å². The number of benzene rings is 3. The van der Waals surface area contributed by atoms with E-state index in [4.69, 9.17) is 4.74 Å². The molecular weight excluding hydrogens is 430 g/mol. The van der Waals surface area contributed by atoms with E-state index in [1.54, 1.807) is 54.7 Å². The third-order valence-electron chi connectivity index (χ3n) is 5.90. The third kappa shape index (κ3) is 3.67. The lowest BCUT2D eigenvalue weighted by atomic mass is 9.98. The van der Waals surface area contributed by atoms with Crippen LogP contribution in [0.4, 0.5) is 0 Å². The van der Waals surface area contributed by atoms with Gasteiger partial charge in [-0.25, -0.2) is 9.89 Å². The highest BCUT2D eigenvalue weighted by Crippen LogP contribution is 2.30. The Hall–Kier alpha value is -4.52. The van der Waals surface area contributed by atoms with Crippen molar-refractivity contribution < 1.29 is 14.3 Å². The first kappa shape index (κ1) is 21.3. The van der Waals surface area contributed by atoms with Gasteiger partial charge < -0.3 is 9.72 Å². The number of nitrogens with one attached hydrogen (secondary N) is 2. The molecule has 168 valence electrons. The van der Waals surface area contributed by atoms with Gasteiger partial charge in [0.2, 0.25) is 5.78 Å². The molecule has 0 aliphatic heterocycles. The molecule has 0 aliphatic carbocycles. The topological polar surface area (TPSA) is 105 Å². The monoisotopic (exact) mass is 451 g/mol. The van der Waals surface area contributed by atoms with Gasteiger partial charge in [0.05, 0.1) is 5.39 Å². The Morgan fingerprint density at radius 3 is 2.38 bits per heavy atom. The van der Waals surface area contributed by atoms with Crippen molar-refractivity contribution in [2.24, 2.45) is 0 Å². The molecule has 1 atom stereocenters. The first-order chi connectivity index (χ1) is 16.6. The maximum absolute atomic E-state index is 13.7. The van der Waals surface area contributed by atoms with Crippen LogP contribution in [0.2, 0.25) is 0 Å². The Kier molecular flexibility index (Phi) is 5.51. The van der Waals surface area contributed by atoms with Crippen molar-refractivity contribution in [1.82, 2.24) is 15.2 Å². The minimum Gasteiger partial charge on any atom is -0.444 e. The molecule has 0 fully saturated rings. The van der Waals surface area contributed by atoms with Crippen LogP contribution >= 0.6 is 0 Å². The van der Waals surface area contributed by atoms with Crippen molar-refractivity contribution in [3.63, 3.8) is 0 Å². The first-order valence-electron chi connectivity index (χ1n) is 10.9. The van der Waals surface area contributed by atoms with E-state index < -0.39 is 17.6 Å². The van der Waals surface area contributed by atoms with Gasteiger partial charge in [0, 0.05) is 33.6 Å². The van der Waals surface area contributed by atoms with Crippen molar-refractivity contribution in [3.8, 4) is 0 Å². The summed E-state index contributed by atoms with van der Waals surface area (Å²) in [4.78, 5) is 42.3. The van der Waals surface area contributed by atoms with Crippen LogP contribution in [0.1, 0.15) is 45.0 Å². The van der Waals surface area contributed by atoms with Gasteiger partial charge in [-0.2, -0.15) is 5.10 Å². The molecular formula is C27H21N3O4. The van der Waals surface area contributed by atoms with Crippen LogP contribution in [-0.4, -0.2) is 26.9 Å². The number of carbonyl (C=O) groups is 2. The lowest BCUT2D eigenvalue weighted by Crippen LogP contribution is -2.22. The predicted octanol–water partition coefficient (Wildman–Crippen LogP) is 4.75. The number of rotatable bonds is 6. The lowest BCUT2D eigenvalue weighted by Gasteiger charge is -2.17. The van der Waals surface area contributed by atoms with Gasteiger partial charge in [-0.05, 0) is 18.1 Å². The van der Waals surface area contributed by atoms with Gasteiger partial charge in [0.1, 0.15) is 0 Å². The van der Waals surface area contributed by atoms with E-state index in [1.165, 1.54) is 0 Å². The van der Waals surface area contributed by atoms with Crippen molar-refractivity contribution in [3.05, 3.63) is 112 Å². The zero-order chi connectivity index (χ0) is 23.7. The Bertz CT molecular complexity index is 1580. The molecule has 34 heavy (non-hydrogen) atoms. The van der Waals surface area contributed by atoms with Crippen molar-refractivity contribution >= 4 is 33.4 Å². The summed E-state index contributed by atoms with van der Waals surface area (Å²) in [6, 6.07) is 21.3. The van der Waals surface area contributed by atoms with Crippen molar-refractivity contribution in [2.45, 2.75) is 19.4 Å². The Balaban J connectivity index is 1.57. The summed E-state index contributed by atoms with van der Waals surface area (Å²) in [5.74, 6) is -1.16. The molecule has 0 amide bonds. The average molecular weight is 451 g/mol. The van der Waals surface area contributed by atoms with E-state index in [0.717, 1.165) is 22.9 Å². The van der Waals surface area contributed by atoms with Crippen LogP contribution < -0.4 is 5.56 Å². The normalized spacial score (nSPS) is 12.0. The predicted molar refractivity (Wildman–Crippen MR) is 129 cm³/mol. The molecule has 0 radical (unpaired) electrons. The standard InChI is InChI=1S/C27H21N3O4/c1-2-16-11-8-14-19-21(15-28-22(16)19)24(31)25(17-9-4-3-5-10-17)34-27(33)23-18-12-6-7-13-20(18)26(32)30-29-23/h3-15,25,28H,2H2,1H3,(H,30,32).